The number of carbonyl (C=O) groups is 1. The second kappa shape index (κ2) is 7.28. The van der Waals surface area contributed by atoms with Gasteiger partial charge in [0.2, 0.25) is 0 Å². The quantitative estimate of drug-likeness (QED) is 0.646. The van der Waals surface area contributed by atoms with E-state index in [4.69, 9.17) is 11.6 Å². The zero-order chi connectivity index (χ0) is 15.3. The van der Waals surface area contributed by atoms with E-state index in [0.29, 0.717) is 29.9 Å². The molecule has 1 heterocycles. The smallest absolute Gasteiger partial charge is 0.316 e. The van der Waals surface area contributed by atoms with E-state index in [-0.39, 0.29) is 11.9 Å². The van der Waals surface area contributed by atoms with Crippen LogP contribution < -0.4 is 10.6 Å². The molecule has 1 aromatic heterocycles. The van der Waals surface area contributed by atoms with Crippen LogP contribution in [0.1, 0.15) is 31.2 Å². The van der Waals surface area contributed by atoms with Crippen LogP contribution in [0.2, 0.25) is 5.15 Å². The fourth-order valence-electron chi connectivity index (χ4n) is 1.44. The Labute approximate surface area is 124 Å². The largest absolute Gasteiger partial charge is 0.368 e. The van der Waals surface area contributed by atoms with Gasteiger partial charge in [-0.15, -0.1) is 0 Å². The van der Waals surface area contributed by atoms with Crippen molar-refractivity contribution in [2.45, 2.75) is 26.7 Å². The Morgan fingerprint density at radius 1 is 1.30 bits per heavy atom. The average molecular weight is 300 g/mol. The van der Waals surface area contributed by atoms with E-state index < -0.39 is 0 Å². The summed E-state index contributed by atoms with van der Waals surface area (Å²) in [7, 11) is 3.40. The van der Waals surface area contributed by atoms with Crippen molar-refractivity contribution in [3.8, 4) is 0 Å². The lowest BCUT2D eigenvalue weighted by Gasteiger charge is -2.14. The average Bonchev–Trinajstić information content (AvgIpc) is 2.38. The van der Waals surface area contributed by atoms with E-state index in [1.165, 1.54) is 4.90 Å². The molecule has 1 rings (SSSR count). The Balaban J connectivity index is 2.61. The number of anilines is 1. The van der Waals surface area contributed by atoms with Gasteiger partial charge in [0.25, 0.3) is 0 Å². The van der Waals surface area contributed by atoms with Gasteiger partial charge in [-0.2, -0.15) is 0 Å². The molecular weight excluding hydrogens is 278 g/mol. The van der Waals surface area contributed by atoms with Gasteiger partial charge >= 0.3 is 6.03 Å². The Bertz CT molecular complexity index is 476. The van der Waals surface area contributed by atoms with Crippen molar-refractivity contribution in [2.24, 2.45) is 0 Å². The van der Waals surface area contributed by atoms with Gasteiger partial charge in [-0.3, -0.25) is 0 Å². The zero-order valence-corrected chi connectivity index (χ0v) is 13.4. The molecule has 2 amide bonds. The number of nitrogens with zero attached hydrogens (tertiary/aromatic N) is 3. The van der Waals surface area contributed by atoms with E-state index in [1.807, 2.05) is 20.8 Å². The van der Waals surface area contributed by atoms with E-state index in [9.17, 15) is 4.79 Å². The van der Waals surface area contributed by atoms with Gasteiger partial charge in [0, 0.05) is 38.7 Å². The molecule has 0 radical (unpaired) electrons. The van der Waals surface area contributed by atoms with Crippen LogP contribution in [0, 0.1) is 6.92 Å². The number of aromatic nitrogens is 2. The van der Waals surface area contributed by atoms with Crippen LogP contribution in [-0.2, 0) is 0 Å². The molecule has 112 valence electrons. The Morgan fingerprint density at radius 3 is 2.50 bits per heavy atom. The fourth-order valence-corrected chi connectivity index (χ4v) is 1.62. The van der Waals surface area contributed by atoms with Crippen LogP contribution in [-0.4, -0.2) is 48.1 Å². The van der Waals surface area contributed by atoms with E-state index in [2.05, 4.69) is 20.6 Å². The molecule has 2 N–H and O–H groups in total. The van der Waals surface area contributed by atoms with Gasteiger partial charge in [-0.1, -0.05) is 25.4 Å². The summed E-state index contributed by atoms with van der Waals surface area (Å²) in [5, 5.41) is 6.41. The Morgan fingerprint density at radius 2 is 1.95 bits per heavy atom. The van der Waals surface area contributed by atoms with Crippen LogP contribution >= 0.6 is 11.6 Å². The second-order valence-electron chi connectivity index (χ2n) is 5.05. The first kappa shape index (κ1) is 16.5. The van der Waals surface area contributed by atoms with Gasteiger partial charge in [-0.25, -0.2) is 14.8 Å². The molecule has 0 atom stereocenters. The fraction of sp³-hybridized carbons (Fsp3) is 0.615. The number of halogens is 1. The van der Waals surface area contributed by atoms with Crippen LogP contribution in [0.5, 0.6) is 0 Å². The molecule has 0 aromatic carbocycles. The summed E-state index contributed by atoms with van der Waals surface area (Å²) in [5.41, 5.74) is 0.815. The lowest BCUT2D eigenvalue weighted by atomic mass is 10.2. The highest BCUT2D eigenvalue weighted by molar-refractivity contribution is 6.30. The molecule has 20 heavy (non-hydrogen) atoms. The van der Waals surface area contributed by atoms with Gasteiger partial charge in [0.1, 0.15) is 16.8 Å². The summed E-state index contributed by atoms with van der Waals surface area (Å²) in [6.45, 7) is 6.98. The van der Waals surface area contributed by atoms with Crippen molar-refractivity contribution in [2.75, 3.05) is 32.5 Å². The lowest BCUT2D eigenvalue weighted by molar-refractivity contribution is 0.218. The minimum absolute atomic E-state index is 0.118. The second-order valence-corrected chi connectivity index (χ2v) is 5.41. The maximum atomic E-state index is 11.4. The Kier molecular flexibility index (Phi) is 6.01. The van der Waals surface area contributed by atoms with Crippen LogP contribution in [0.15, 0.2) is 0 Å². The summed E-state index contributed by atoms with van der Waals surface area (Å²) >= 11 is 6.10. The molecule has 0 aliphatic rings. The maximum absolute atomic E-state index is 11.4. The van der Waals surface area contributed by atoms with Crippen LogP contribution in [0.4, 0.5) is 10.6 Å². The van der Waals surface area contributed by atoms with Crippen molar-refractivity contribution >= 4 is 23.4 Å². The summed E-state index contributed by atoms with van der Waals surface area (Å²) in [6.07, 6.45) is 0. The minimum atomic E-state index is -0.118. The molecule has 0 saturated carbocycles. The van der Waals surface area contributed by atoms with Crippen LogP contribution in [0.25, 0.3) is 0 Å². The predicted molar refractivity (Wildman–Crippen MR) is 81.4 cm³/mol. The molecule has 0 spiro atoms. The monoisotopic (exact) mass is 299 g/mol. The molecule has 0 saturated heterocycles. The molecule has 0 unspecified atom stereocenters. The number of urea groups is 1. The third kappa shape index (κ3) is 4.52. The summed E-state index contributed by atoms with van der Waals surface area (Å²) < 4.78 is 0. The highest BCUT2D eigenvalue weighted by Gasteiger charge is 2.11. The molecule has 0 aliphatic heterocycles. The van der Waals surface area contributed by atoms with Crippen molar-refractivity contribution in [3.63, 3.8) is 0 Å². The zero-order valence-electron chi connectivity index (χ0n) is 12.6. The first-order chi connectivity index (χ1) is 9.32. The molecule has 0 fully saturated rings. The molecule has 6 nitrogen and oxygen atoms in total. The van der Waals surface area contributed by atoms with Gasteiger partial charge in [0.05, 0.1) is 0 Å². The lowest BCUT2D eigenvalue weighted by Crippen LogP contribution is -2.37. The molecule has 0 bridgehead atoms. The standard InChI is InChI=1S/C13H22ClN5O/c1-8(2)11-17-10(14)9(3)12(18-11)15-6-7-16-13(20)19(4)5/h8H,6-7H2,1-5H3,(H,16,20)(H,15,17,18). The SMILES string of the molecule is Cc1c(Cl)nc(C(C)C)nc1NCCNC(=O)N(C)C. The Hall–Kier alpha value is -1.56. The molecular formula is C13H22ClN5O. The van der Waals surface area contributed by atoms with Crippen molar-refractivity contribution in [1.82, 2.24) is 20.2 Å². The third-order valence-electron chi connectivity index (χ3n) is 2.72. The van der Waals surface area contributed by atoms with Crippen molar-refractivity contribution in [3.05, 3.63) is 16.5 Å². The normalized spacial score (nSPS) is 10.6. The predicted octanol–water partition coefficient (Wildman–Crippen LogP) is 2.24. The molecule has 7 heteroatoms. The number of hydrogen-bond donors (Lipinski definition) is 2. The topological polar surface area (TPSA) is 70.1 Å². The number of rotatable bonds is 5. The first-order valence-corrected chi connectivity index (χ1v) is 6.93. The van der Waals surface area contributed by atoms with Gasteiger partial charge in [0.15, 0.2) is 0 Å². The van der Waals surface area contributed by atoms with Gasteiger partial charge < -0.3 is 15.5 Å². The minimum Gasteiger partial charge on any atom is -0.368 e. The summed E-state index contributed by atoms with van der Waals surface area (Å²) in [6, 6.07) is -0.118. The number of hydrogen-bond acceptors (Lipinski definition) is 4. The maximum Gasteiger partial charge on any atom is 0.316 e. The third-order valence-corrected chi connectivity index (χ3v) is 3.09. The van der Waals surface area contributed by atoms with Gasteiger partial charge in [-0.05, 0) is 6.92 Å². The van der Waals surface area contributed by atoms with Crippen LogP contribution in [0.3, 0.4) is 0 Å². The molecule has 1 aromatic rings. The van der Waals surface area contributed by atoms with E-state index >= 15 is 0 Å². The molecule has 0 aliphatic carbocycles. The van der Waals surface area contributed by atoms with Crippen molar-refractivity contribution in [1.29, 1.82) is 0 Å². The summed E-state index contributed by atoms with van der Waals surface area (Å²) in [4.78, 5) is 21.6. The van der Waals surface area contributed by atoms with Crippen molar-refractivity contribution < 1.29 is 4.79 Å². The summed E-state index contributed by atoms with van der Waals surface area (Å²) in [5.74, 6) is 1.63. The first-order valence-electron chi connectivity index (χ1n) is 6.56. The highest BCUT2D eigenvalue weighted by atomic mass is 35.5. The number of amides is 2. The van der Waals surface area contributed by atoms with E-state index in [1.54, 1.807) is 14.1 Å². The highest BCUT2D eigenvalue weighted by Crippen LogP contribution is 2.22. The number of nitrogens with one attached hydrogen (secondary N) is 2. The number of carbonyl (C=O) groups excluding carboxylic acids is 1. The van der Waals surface area contributed by atoms with E-state index in [0.717, 1.165) is 5.56 Å².